The Kier molecular flexibility index (Phi) is 5.71. The van der Waals surface area contributed by atoms with Gasteiger partial charge in [0.1, 0.15) is 0 Å². The number of rotatable bonds is 6. The molecule has 0 saturated heterocycles. The van der Waals surface area contributed by atoms with Crippen molar-refractivity contribution in [1.29, 1.82) is 0 Å². The van der Waals surface area contributed by atoms with E-state index in [1.807, 2.05) is 0 Å². The lowest BCUT2D eigenvalue weighted by molar-refractivity contribution is 0.0997. The van der Waals surface area contributed by atoms with E-state index in [2.05, 4.69) is 15.9 Å². The molecule has 1 atom stereocenters. The number of aliphatic hydroxyl groups is 1. The molecule has 1 N–H and O–H groups in total. The number of halogens is 1. The van der Waals surface area contributed by atoms with Crippen LogP contribution in [0.5, 0.6) is 0 Å². The highest BCUT2D eigenvalue weighted by atomic mass is 79.9. The molecule has 0 aromatic rings. The molecular formula is C7H16BrO4P. The van der Waals surface area contributed by atoms with E-state index in [-0.39, 0.29) is 18.5 Å². The van der Waals surface area contributed by atoms with Gasteiger partial charge in [0.25, 0.3) is 0 Å². The summed E-state index contributed by atoms with van der Waals surface area (Å²) in [7, 11) is -3.41. The van der Waals surface area contributed by atoms with Crippen LogP contribution in [0.25, 0.3) is 0 Å². The van der Waals surface area contributed by atoms with Gasteiger partial charge in [0.2, 0.25) is 0 Å². The van der Waals surface area contributed by atoms with Crippen LogP contribution in [0.4, 0.5) is 0 Å². The molecule has 0 rings (SSSR count). The summed E-state index contributed by atoms with van der Waals surface area (Å²) in [6, 6.07) is 0. The van der Waals surface area contributed by atoms with Crippen molar-refractivity contribution in [3.8, 4) is 0 Å². The number of alkyl halides is 1. The van der Waals surface area contributed by atoms with Crippen molar-refractivity contribution in [2.45, 2.75) is 26.1 Å². The predicted octanol–water partition coefficient (Wildman–Crippen LogP) is 2.36. The summed E-state index contributed by atoms with van der Waals surface area (Å²) >= 11 is 3.06. The van der Waals surface area contributed by atoms with Gasteiger partial charge >= 0.3 is 7.60 Å². The van der Waals surface area contributed by atoms with Gasteiger partial charge < -0.3 is 14.2 Å². The summed E-state index contributed by atoms with van der Waals surface area (Å²) in [5.41, 5.74) is 0. The van der Waals surface area contributed by atoms with Crippen LogP contribution in [-0.2, 0) is 13.6 Å². The normalized spacial score (nSPS) is 17.0. The average molecular weight is 275 g/mol. The largest absolute Gasteiger partial charge is 0.377 e. The Morgan fingerprint density at radius 1 is 1.38 bits per heavy atom. The summed E-state index contributed by atoms with van der Waals surface area (Å²) in [4.78, 5) is 0. The van der Waals surface area contributed by atoms with Crippen LogP contribution in [-0.4, -0.2) is 29.0 Å². The first kappa shape index (κ1) is 13.6. The molecule has 0 fully saturated rings. The highest BCUT2D eigenvalue weighted by Gasteiger charge is 2.44. The Labute approximate surface area is 87.3 Å². The van der Waals surface area contributed by atoms with E-state index in [0.717, 1.165) is 0 Å². The summed E-state index contributed by atoms with van der Waals surface area (Å²) in [5, 5.41) is 8.42. The van der Waals surface area contributed by atoms with E-state index >= 15 is 0 Å². The first-order chi connectivity index (χ1) is 5.93. The maximum absolute atomic E-state index is 11.9. The quantitative estimate of drug-likeness (QED) is 0.597. The van der Waals surface area contributed by atoms with Crippen molar-refractivity contribution >= 4 is 23.5 Å². The first-order valence-corrected chi connectivity index (χ1v) is 6.77. The van der Waals surface area contributed by atoms with Crippen LogP contribution in [0, 0.1) is 0 Å². The second-order valence-corrected chi connectivity index (χ2v) is 5.72. The second-order valence-electron chi connectivity index (χ2n) is 2.68. The van der Waals surface area contributed by atoms with Crippen LogP contribution < -0.4 is 0 Å². The molecule has 0 radical (unpaired) electrons. The molecule has 1 unspecified atom stereocenters. The zero-order chi connectivity index (χ0) is 10.5. The van der Waals surface area contributed by atoms with Crippen LogP contribution in [0.3, 0.4) is 0 Å². The third-order valence-corrected chi connectivity index (χ3v) is 5.50. The minimum atomic E-state index is -3.41. The fourth-order valence-electron chi connectivity index (χ4n) is 0.728. The Balaban J connectivity index is 4.67. The van der Waals surface area contributed by atoms with Gasteiger partial charge in [0.15, 0.2) is 5.34 Å². The molecule has 0 bridgehead atoms. The Morgan fingerprint density at radius 2 is 1.77 bits per heavy atom. The summed E-state index contributed by atoms with van der Waals surface area (Å²) in [6.07, 6.45) is 0. The van der Waals surface area contributed by atoms with Gasteiger partial charge in [0, 0.05) is 5.33 Å². The van der Waals surface area contributed by atoms with Crippen molar-refractivity contribution < 1.29 is 18.7 Å². The summed E-state index contributed by atoms with van der Waals surface area (Å²) in [5.74, 6) is 0. The van der Waals surface area contributed by atoms with E-state index in [4.69, 9.17) is 9.05 Å². The minimum absolute atomic E-state index is 0.150. The minimum Gasteiger partial charge on any atom is -0.377 e. The Morgan fingerprint density at radius 3 is 2.00 bits per heavy atom. The van der Waals surface area contributed by atoms with E-state index < -0.39 is 12.9 Å². The van der Waals surface area contributed by atoms with Gasteiger partial charge in [-0.25, -0.2) is 0 Å². The van der Waals surface area contributed by atoms with E-state index in [9.17, 15) is 9.67 Å². The molecule has 80 valence electrons. The number of hydrogen-bond acceptors (Lipinski definition) is 4. The second kappa shape index (κ2) is 5.47. The fourth-order valence-corrected chi connectivity index (χ4v) is 3.11. The zero-order valence-electron chi connectivity index (χ0n) is 8.12. The van der Waals surface area contributed by atoms with Crippen molar-refractivity contribution in [2.75, 3.05) is 18.5 Å². The van der Waals surface area contributed by atoms with Gasteiger partial charge in [-0.3, -0.25) is 4.57 Å². The fraction of sp³-hybridized carbons (Fsp3) is 1.00. The lowest BCUT2D eigenvalue weighted by Gasteiger charge is -2.29. The zero-order valence-corrected chi connectivity index (χ0v) is 10.6. The van der Waals surface area contributed by atoms with E-state index in [1.165, 1.54) is 6.92 Å². The highest BCUT2D eigenvalue weighted by Crippen LogP contribution is 2.59. The molecule has 0 aromatic carbocycles. The molecule has 0 aliphatic rings. The SMILES string of the molecule is CCOP(=O)(OCC)C(C)(O)CBr. The lowest BCUT2D eigenvalue weighted by Crippen LogP contribution is -2.28. The Bertz CT molecular complexity index is 185. The standard InChI is InChI=1S/C7H16BrO4P/c1-4-11-13(10,12-5-2)7(3,9)6-8/h9H,4-6H2,1-3H3. The number of hydrogen-bond donors (Lipinski definition) is 1. The molecule has 13 heavy (non-hydrogen) atoms. The van der Waals surface area contributed by atoms with Crippen LogP contribution >= 0.6 is 23.5 Å². The summed E-state index contributed by atoms with van der Waals surface area (Å²) < 4.78 is 21.9. The maximum atomic E-state index is 11.9. The first-order valence-electron chi connectivity index (χ1n) is 4.11. The molecule has 6 heteroatoms. The molecule has 0 heterocycles. The van der Waals surface area contributed by atoms with Crippen molar-refractivity contribution in [3.63, 3.8) is 0 Å². The Hall–Kier alpha value is 0.590. The highest BCUT2D eigenvalue weighted by molar-refractivity contribution is 9.09. The van der Waals surface area contributed by atoms with Crippen LogP contribution in [0.2, 0.25) is 0 Å². The average Bonchev–Trinajstić information content (AvgIpc) is 2.05. The molecule has 0 spiro atoms. The van der Waals surface area contributed by atoms with Crippen molar-refractivity contribution in [2.24, 2.45) is 0 Å². The topological polar surface area (TPSA) is 55.8 Å². The van der Waals surface area contributed by atoms with Gasteiger partial charge in [-0.15, -0.1) is 0 Å². The smallest absolute Gasteiger partial charge is 0.362 e. The van der Waals surface area contributed by atoms with Gasteiger partial charge in [-0.05, 0) is 20.8 Å². The van der Waals surface area contributed by atoms with E-state index in [0.29, 0.717) is 0 Å². The predicted molar refractivity (Wildman–Crippen MR) is 55.3 cm³/mol. The molecule has 0 amide bonds. The molecule has 0 aliphatic carbocycles. The van der Waals surface area contributed by atoms with Crippen LogP contribution in [0.15, 0.2) is 0 Å². The molecule has 0 aliphatic heterocycles. The lowest BCUT2D eigenvalue weighted by atomic mass is 10.5. The molecule has 4 nitrogen and oxygen atoms in total. The summed E-state index contributed by atoms with van der Waals surface area (Å²) in [6.45, 7) is 5.33. The van der Waals surface area contributed by atoms with E-state index in [1.54, 1.807) is 13.8 Å². The van der Waals surface area contributed by atoms with Gasteiger partial charge in [-0.1, -0.05) is 15.9 Å². The molecule has 0 saturated carbocycles. The maximum Gasteiger partial charge on any atom is 0.362 e. The monoisotopic (exact) mass is 274 g/mol. The molecular weight excluding hydrogens is 259 g/mol. The van der Waals surface area contributed by atoms with Gasteiger partial charge in [-0.2, -0.15) is 0 Å². The molecule has 0 aromatic heterocycles. The third kappa shape index (κ3) is 3.33. The van der Waals surface area contributed by atoms with Crippen LogP contribution in [0.1, 0.15) is 20.8 Å². The van der Waals surface area contributed by atoms with Crippen molar-refractivity contribution in [3.05, 3.63) is 0 Å². The van der Waals surface area contributed by atoms with Gasteiger partial charge in [0.05, 0.1) is 13.2 Å². The van der Waals surface area contributed by atoms with Crippen molar-refractivity contribution in [1.82, 2.24) is 0 Å². The third-order valence-electron chi connectivity index (χ3n) is 1.44.